The van der Waals surface area contributed by atoms with E-state index in [0.717, 1.165) is 16.8 Å². The average Bonchev–Trinajstić information content (AvgIpc) is 2.56. The lowest BCUT2D eigenvalue weighted by Crippen LogP contribution is -2.21. The topological polar surface area (TPSA) is 64.6 Å². The van der Waals surface area contributed by atoms with Gasteiger partial charge in [-0.1, -0.05) is 18.2 Å². The number of carbonyl (C=O) groups excluding carboxylic acids is 2. The van der Waals surface area contributed by atoms with Crippen molar-refractivity contribution in [3.63, 3.8) is 0 Å². The van der Waals surface area contributed by atoms with Crippen LogP contribution in [-0.4, -0.2) is 24.6 Å². The second-order valence-electron chi connectivity index (χ2n) is 6.08. The van der Waals surface area contributed by atoms with Crippen LogP contribution in [0, 0.1) is 13.8 Å². The van der Waals surface area contributed by atoms with Crippen molar-refractivity contribution in [1.82, 2.24) is 0 Å². The predicted molar refractivity (Wildman–Crippen MR) is 97.0 cm³/mol. The summed E-state index contributed by atoms with van der Waals surface area (Å²) in [5, 5.41) is 2.78. The number of rotatable bonds is 6. The third-order valence-electron chi connectivity index (χ3n) is 3.54. The minimum atomic E-state index is -0.548. The average molecular weight is 341 g/mol. The molecule has 0 saturated carbocycles. The highest BCUT2D eigenvalue weighted by molar-refractivity contribution is 5.96. The lowest BCUT2D eigenvalue weighted by Gasteiger charge is -2.12. The van der Waals surface area contributed by atoms with Crippen LogP contribution in [0.15, 0.2) is 42.5 Å². The number of amides is 1. The maximum atomic E-state index is 12.0. The molecule has 0 saturated heterocycles. The Balaban J connectivity index is 1.90. The molecular weight excluding hydrogens is 318 g/mol. The summed E-state index contributed by atoms with van der Waals surface area (Å²) in [6, 6.07) is 12.4. The van der Waals surface area contributed by atoms with Gasteiger partial charge in [-0.25, -0.2) is 4.79 Å². The molecule has 2 aromatic rings. The summed E-state index contributed by atoms with van der Waals surface area (Å²) in [7, 11) is 0. The number of benzene rings is 2. The van der Waals surface area contributed by atoms with E-state index in [1.165, 1.54) is 0 Å². The van der Waals surface area contributed by atoms with Gasteiger partial charge in [-0.2, -0.15) is 0 Å². The van der Waals surface area contributed by atoms with Gasteiger partial charge in [-0.3, -0.25) is 4.79 Å². The van der Waals surface area contributed by atoms with Crippen LogP contribution in [0.1, 0.15) is 35.3 Å². The quantitative estimate of drug-likeness (QED) is 0.810. The van der Waals surface area contributed by atoms with E-state index in [0.29, 0.717) is 11.3 Å². The van der Waals surface area contributed by atoms with Crippen LogP contribution in [0.3, 0.4) is 0 Å². The fourth-order valence-corrected chi connectivity index (χ4v) is 2.34. The molecule has 5 nitrogen and oxygen atoms in total. The molecule has 5 heteroatoms. The Hall–Kier alpha value is -2.82. The van der Waals surface area contributed by atoms with Crippen LogP contribution in [0.4, 0.5) is 5.69 Å². The number of carbonyl (C=O) groups is 2. The molecule has 0 aliphatic rings. The molecule has 132 valence electrons. The van der Waals surface area contributed by atoms with Crippen LogP contribution in [0.25, 0.3) is 0 Å². The van der Waals surface area contributed by atoms with Crippen molar-refractivity contribution in [1.29, 1.82) is 0 Å². The summed E-state index contributed by atoms with van der Waals surface area (Å²) >= 11 is 0. The summed E-state index contributed by atoms with van der Waals surface area (Å²) in [6.45, 7) is 7.34. The first-order valence-corrected chi connectivity index (χ1v) is 8.16. The highest BCUT2D eigenvalue weighted by Crippen LogP contribution is 2.19. The molecular formula is C20H23NO4. The number of aryl methyl sites for hydroxylation is 2. The third kappa shape index (κ3) is 5.35. The Bertz CT molecular complexity index is 731. The lowest BCUT2D eigenvalue weighted by atomic mass is 10.1. The molecule has 0 aliphatic heterocycles. The first-order chi connectivity index (χ1) is 11.9. The van der Waals surface area contributed by atoms with Crippen molar-refractivity contribution < 1.29 is 19.1 Å². The van der Waals surface area contributed by atoms with Crippen molar-refractivity contribution >= 4 is 17.6 Å². The molecule has 25 heavy (non-hydrogen) atoms. The molecule has 1 N–H and O–H groups in total. The van der Waals surface area contributed by atoms with E-state index in [2.05, 4.69) is 5.32 Å². The van der Waals surface area contributed by atoms with Gasteiger partial charge in [-0.05, 0) is 63.1 Å². The van der Waals surface area contributed by atoms with E-state index in [9.17, 15) is 9.59 Å². The van der Waals surface area contributed by atoms with Crippen LogP contribution < -0.4 is 10.1 Å². The number of anilines is 1. The largest absolute Gasteiger partial charge is 0.491 e. The molecule has 1 amide bonds. The molecule has 0 spiro atoms. The summed E-state index contributed by atoms with van der Waals surface area (Å²) in [4.78, 5) is 24.0. The zero-order valence-electron chi connectivity index (χ0n) is 15.0. The molecule has 2 rings (SSSR count). The minimum Gasteiger partial charge on any atom is -0.491 e. The van der Waals surface area contributed by atoms with Gasteiger partial charge in [-0.15, -0.1) is 0 Å². The predicted octanol–water partition coefficient (Wildman–Crippen LogP) is 3.89. The second-order valence-corrected chi connectivity index (χ2v) is 6.08. The maximum absolute atomic E-state index is 12.0. The molecule has 0 aromatic heterocycles. The smallest absolute Gasteiger partial charge is 0.338 e. The fraction of sp³-hybridized carbons (Fsp3) is 0.300. The fourth-order valence-electron chi connectivity index (χ4n) is 2.34. The van der Waals surface area contributed by atoms with Crippen molar-refractivity contribution in [2.75, 3.05) is 11.9 Å². The molecule has 0 heterocycles. The standard InChI is InChI=1S/C20H23NO4/c1-13(2)25-17-10-8-16(9-11-17)20(23)24-12-18(22)21-19-14(3)6-5-7-15(19)4/h5-11,13H,12H2,1-4H3,(H,21,22). The van der Waals surface area contributed by atoms with E-state index >= 15 is 0 Å². The molecule has 0 unspecified atom stereocenters. The summed E-state index contributed by atoms with van der Waals surface area (Å²) in [5.74, 6) is -0.238. The number of hydrogen-bond donors (Lipinski definition) is 1. The van der Waals surface area contributed by atoms with Gasteiger partial charge in [0.05, 0.1) is 11.7 Å². The summed E-state index contributed by atoms with van der Waals surface area (Å²) < 4.78 is 10.6. The first-order valence-electron chi connectivity index (χ1n) is 8.16. The number of nitrogens with one attached hydrogen (secondary N) is 1. The number of para-hydroxylation sites is 1. The van der Waals surface area contributed by atoms with E-state index < -0.39 is 5.97 Å². The van der Waals surface area contributed by atoms with Gasteiger partial charge in [0.15, 0.2) is 6.61 Å². The van der Waals surface area contributed by atoms with Gasteiger partial charge in [0.1, 0.15) is 5.75 Å². The normalized spacial score (nSPS) is 10.4. The van der Waals surface area contributed by atoms with Gasteiger partial charge < -0.3 is 14.8 Å². The Kier molecular flexibility index (Phi) is 6.17. The van der Waals surface area contributed by atoms with E-state index in [-0.39, 0.29) is 18.6 Å². The van der Waals surface area contributed by atoms with Gasteiger partial charge in [0.25, 0.3) is 5.91 Å². The second kappa shape index (κ2) is 8.33. The van der Waals surface area contributed by atoms with Gasteiger partial charge in [0, 0.05) is 5.69 Å². The third-order valence-corrected chi connectivity index (χ3v) is 3.54. The zero-order valence-corrected chi connectivity index (χ0v) is 15.0. The highest BCUT2D eigenvalue weighted by Gasteiger charge is 2.12. The molecule has 0 fully saturated rings. The molecule has 0 atom stereocenters. The SMILES string of the molecule is Cc1cccc(C)c1NC(=O)COC(=O)c1ccc(OC(C)C)cc1. The number of hydrogen-bond acceptors (Lipinski definition) is 4. The van der Waals surface area contributed by atoms with Crippen molar-refractivity contribution in [3.05, 3.63) is 59.2 Å². The van der Waals surface area contributed by atoms with Gasteiger partial charge in [0.2, 0.25) is 0 Å². The van der Waals surface area contributed by atoms with Crippen LogP contribution in [0.2, 0.25) is 0 Å². The Labute approximate surface area is 148 Å². The zero-order chi connectivity index (χ0) is 18.4. The molecule has 2 aromatic carbocycles. The Morgan fingerprint density at radius 2 is 1.60 bits per heavy atom. The van der Waals surface area contributed by atoms with E-state index in [1.807, 2.05) is 45.9 Å². The first kappa shape index (κ1) is 18.5. The maximum Gasteiger partial charge on any atom is 0.338 e. The van der Waals surface area contributed by atoms with Crippen LogP contribution in [-0.2, 0) is 9.53 Å². The highest BCUT2D eigenvalue weighted by atomic mass is 16.5. The van der Waals surface area contributed by atoms with Crippen molar-refractivity contribution in [3.8, 4) is 5.75 Å². The molecule has 0 radical (unpaired) electrons. The van der Waals surface area contributed by atoms with E-state index in [4.69, 9.17) is 9.47 Å². The molecule has 0 bridgehead atoms. The Morgan fingerprint density at radius 3 is 2.16 bits per heavy atom. The summed E-state index contributed by atoms with van der Waals surface area (Å²) in [6.07, 6.45) is 0.0615. The van der Waals surface area contributed by atoms with Crippen molar-refractivity contribution in [2.45, 2.75) is 33.8 Å². The van der Waals surface area contributed by atoms with Crippen molar-refractivity contribution in [2.24, 2.45) is 0 Å². The minimum absolute atomic E-state index is 0.0615. The summed E-state index contributed by atoms with van der Waals surface area (Å²) in [5.41, 5.74) is 3.04. The number of esters is 1. The van der Waals surface area contributed by atoms with Gasteiger partial charge >= 0.3 is 5.97 Å². The van der Waals surface area contributed by atoms with E-state index in [1.54, 1.807) is 24.3 Å². The van der Waals surface area contributed by atoms with Crippen LogP contribution >= 0.6 is 0 Å². The molecule has 0 aliphatic carbocycles. The lowest BCUT2D eigenvalue weighted by molar-refractivity contribution is -0.119. The monoisotopic (exact) mass is 341 g/mol. The number of ether oxygens (including phenoxy) is 2. The van der Waals surface area contributed by atoms with Crippen LogP contribution in [0.5, 0.6) is 5.75 Å². The Morgan fingerprint density at radius 1 is 1.00 bits per heavy atom.